The number of quaternary nitrogens is 1. The molecule has 1 N–H and O–H groups in total. The molecular weight excluding hydrogens is 382 g/mol. The van der Waals surface area contributed by atoms with E-state index in [9.17, 15) is 4.79 Å². The number of ether oxygens (including phenoxy) is 1. The zero-order valence-electron chi connectivity index (χ0n) is 17.1. The van der Waals surface area contributed by atoms with Crippen molar-refractivity contribution in [3.05, 3.63) is 59.2 Å². The number of hydrogen-bond donors (Lipinski definition) is 1. The van der Waals surface area contributed by atoms with E-state index in [1.807, 2.05) is 35.2 Å². The van der Waals surface area contributed by atoms with Gasteiger partial charge in [-0.2, -0.15) is 0 Å². The highest BCUT2D eigenvalue weighted by atomic mass is 32.1. The van der Waals surface area contributed by atoms with Gasteiger partial charge >= 0.3 is 0 Å². The SMILES string of the molecule is Cc1cc2nc(N(CC[NH+]3CCOCC3)C(=O)Cc3ccccc3)sc2cc1C. The number of nitrogens with one attached hydrogen (secondary N) is 1. The first kappa shape index (κ1) is 20.0. The number of morpholine rings is 1. The van der Waals surface area contributed by atoms with Crippen LogP contribution in [0.5, 0.6) is 0 Å². The van der Waals surface area contributed by atoms with E-state index in [1.165, 1.54) is 16.0 Å². The second kappa shape index (κ2) is 9.03. The monoisotopic (exact) mass is 410 g/mol. The fourth-order valence-electron chi connectivity index (χ4n) is 3.66. The Bertz CT molecular complexity index is 941. The van der Waals surface area contributed by atoms with Crippen molar-refractivity contribution in [2.24, 2.45) is 0 Å². The zero-order valence-corrected chi connectivity index (χ0v) is 17.9. The fraction of sp³-hybridized carbons (Fsp3) is 0.391. The molecule has 0 bridgehead atoms. The Kier molecular flexibility index (Phi) is 6.23. The smallest absolute Gasteiger partial charge is 0.233 e. The number of amides is 1. The van der Waals surface area contributed by atoms with Gasteiger partial charge in [0.25, 0.3) is 0 Å². The predicted molar refractivity (Wildman–Crippen MR) is 118 cm³/mol. The van der Waals surface area contributed by atoms with Crippen LogP contribution in [0.4, 0.5) is 5.13 Å². The number of carbonyl (C=O) groups is 1. The molecule has 5 nitrogen and oxygen atoms in total. The Morgan fingerprint density at radius 1 is 1.14 bits per heavy atom. The molecule has 1 saturated heterocycles. The summed E-state index contributed by atoms with van der Waals surface area (Å²) in [5.41, 5.74) is 4.50. The summed E-state index contributed by atoms with van der Waals surface area (Å²) in [4.78, 5) is 21.5. The summed E-state index contributed by atoms with van der Waals surface area (Å²) in [6.07, 6.45) is 0.396. The van der Waals surface area contributed by atoms with Crippen LogP contribution in [-0.2, 0) is 16.0 Å². The Labute approximate surface area is 175 Å². The molecule has 1 fully saturated rings. The van der Waals surface area contributed by atoms with Gasteiger partial charge in [0.1, 0.15) is 13.1 Å². The molecule has 2 heterocycles. The lowest BCUT2D eigenvalue weighted by molar-refractivity contribution is -0.906. The lowest BCUT2D eigenvalue weighted by atomic mass is 10.1. The second-order valence-corrected chi connectivity index (χ2v) is 8.73. The third kappa shape index (κ3) is 4.83. The maximum atomic E-state index is 13.3. The topological polar surface area (TPSA) is 46.9 Å². The van der Waals surface area contributed by atoms with Gasteiger partial charge in [-0.1, -0.05) is 41.7 Å². The maximum Gasteiger partial charge on any atom is 0.233 e. The van der Waals surface area contributed by atoms with E-state index in [1.54, 1.807) is 11.3 Å². The summed E-state index contributed by atoms with van der Waals surface area (Å²) >= 11 is 1.61. The molecule has 4 rings (SSSR count). The molecule has 0 atom stereocenters. The third-order valence-electron chi connectivity index (χ3n) is 5.61. The van der Waals surface area contributed by atoms with Crippen LogP contribution in [0, 0.1) is 13.8 Å². The van der Waals surface area contributed by atoms with Crippen LogP contribution >= 0.6 is 11.3 Å². The molecule has 0 unspecified atom stereocenters. The molecule has 0 saturated carbocycles. The van der Waals surface area contributed by atoms with Gasteiger partial charge in [0.05, 0.1) is 42.9 Å². The minimum atomic E-state index is 0.108. The second-order valence-electron chi connectivity index (χ2n) is 7.72. The molecule has 1 amide bonds. The first-order chi connectivity index (χ1) is 14.1. The number of fused-ring (bicyclic) bond motifs is 1. The average Bonchev–Trinajstić information content (AvgIpc) is 3.12. The van der Waals surface area contributed by atoms with Crippen LogP contribution in [0.1, 0.15) is 16.7 Å². The van der Waals surface area contributed by atoms with E-state index in [0.29, 0.717) is 13.0 Å². The Morgan fingerprint density at radius 3 is 2.62 bits per heavy atom. The quantitative estimate of drug-likeness (QED) is 0.679. The Balaban J connectivity index is 1.58. The molecule has 0 aliphatic carbocycles. The molecule has 1 aliphatic heterocycles. The van der Waals surface area contributed by atoms with E-state index in [-0.39, 0.29) is 5.91 Å². The number of carbonyl (C=O) groups excluding carboxylic acids is 1. The Morgan fingerprint density at radius 2 is 1.86 bits per heavy atom. The summed E-state index contributed by atoms with van der Waals surface area (Å²) < 4.78 is 6.61. The van der Waals surface area contributed by atoms with Gasteiger partial charge < -0.3 is 9.64 Å². The number of nitrogens with zero attached hydrogens (tertiary/aromatic N) is 2. The van der Waals surface area contributed by atoms with E-state index in [4.69, 9.17) is 9.72 Å². The van der Waals surface area contributed by atoms with E-state index < -0.39 is 0 Å². The fourth-order valence-corrected chi connectivity index (χ4v) is 4.74. The summed E-state index contributed by atoms with van der Waals surface area (Å²) in [5.74, 6) is 0.108. The minimum Gasteiger partial charge on any atom is -0.370 e. The lowest BCUT2D eigenvalue weighted by Crippen LogP contribution is -3.14. The van der Waals surface area contributed by atoms with Crippen LogP contribution in [0.2, 0.25) is 0 Å². The summed E-state index contributed by atoms with van der Waals surface area (Å²) in [5, 5.41) is 0.804. The van der Waals surface area contributed by atoms with Crippen LogP contribution in [0.25, 0.3) is 10.2 Å². The standard InChI is InChI=1S/C23H27N3O2S/c1-17-14-20-21(15-18(17)2)29-23(24-20)26(9-8-25-10-12-28-13-11-25)22(27)16-19-6-4-3-5-7-19/h3-7,14-15H,8-13,16H2,1-2H3/p+1. The molecule has 29 heavy (non-hydrogen) atoms. The summed E-state index contributed by atoms with van der Waals surface area (Å²) in [6.45, 7) is 9.41. The van der Waals surface area contributed by atoms with Crippen molar-refractivity contribution < 1.29 is 14.4 Å². The van der Waals surface area contributed by atoms with Gasteiger partial charge in [-0.05, 0) is 42.7 Å². The highest BCUT2D eigenvalue weighted by Gasteiger charge is 2.23. The van der Waals surface area contributed by atoms with Gasteiger partial charge in [0.15, 0.2) is 5.13 Å². The van der Waals surface area contributed by atoms with Crippen LogP contribution in [-0.4, -0.2) is 50.3 Å². The van der Waals surface area contributed by atoms with Gasteiger partial charge in [-0.25, -0.2) is 4.98 Å². The molecule has 0 spiro atoms. The molecule has 6 heteroatoms. The van der Waals surface area contributed by atoms with Gasteiger partial charge in [0, 0.05) is 0 Å². The predicted octanol–water partition coefficient (Wildman–Crippen LogP) is 2.40. The van der Waals surface area contributed by atoms with Crippen LogP contribution in [0.3, 0.4) is 0 Å². The largest absolute Gasteiger partial charge is 0.370 e. The van der Waals surface area contributed by atoms with Gasteiger partial charge in [-0.15, -0.1) is 0 Å². The number of thiazole rings is 1. The van der Waals surface area contributed by atoms with E-state index >= 15 is 0 Å². The third-order valence-corrected chi connectivity index (χ3v) is 6.65. The minimum absolute atomic E-state index is 0.108. The normalized spacial score (nSPS) is 15.0. The van der Waals surface area contributed by atoms with Crippen LogP contribution < -0.4 is 9.80 Å². The summed E-state index contributed by atoms with van der Waals surface area (Å²) in [7, 11) is 0. The van der Waals surface area contributed by atoms with Crippen molar-refractivity contribution in [1.82, 2.24) is 4.98 Å². The molecule has 2 aromatic carbocycles. The molecule has 152 valence electrons. The average molecular weight is 411 g/mol. The van der Waals surface area contributed by atoms with Crippen molar-refractivity contribution >= 4 is 32.6 Å². The van der Waals surface area contributed by atoms with Gasteiger partial charge in [0.2, 0.25) is 5.91 Å². The van der Waals surface area contributed by atoms with E-state index in [0.717, 1.165) is 53.8 Å². The lowest BCUT2D eigenvalue weighted by Gasteiger charge is -2.27. The molecule has 3 aromatic rings. The number of aromatic nitrogens is 1. The number of anilines is 1. The highest BCUT2D eigenvalue weighted by Crippen LogP contribution is 2.31. The number of rotatable bonds is 6. The Hall–Kier alpha value is -2.28. The molecule has 1 aromatic heterocycles. The molecular formula is C23H28N3O2S+. The molecule has 1 aliphatic rings. The van der Waals surface area contributed by atoms with Crippen molar-refractivity contribution in [3.63, 3.8) is 0 Å². The number of benzene rings is 2. The maximum absolute atomic E-state index is 13.3. The van der Waals surface area contributed by atoms with Crippen molar-refractivity contribution in [2.45, 2.75) is 20.3 Å². The zero-order chi connectivity index (χ0) is 20.2. The van der Waals surface area contributed by atoms with Crippen molar-refractivity contribution in [2.75, 3.05) is 44.3 Å². The van der Waals surface area contributed by atoms with Crippen molar-refractivity contribution in [3.8, 4) is 0 Å². The highest BCUT2D eigenvalue weighted by molar-refractivity contribution is 7.22. The first-order valence-electron chi connectivity index (χ1n) is 10.2. The number of hydrogen-bond acceptors (Lipinski definition) is 4. The first-order valence-corrected chi connectivity index (χ1v) is 11.1. The van der Waals surface area contributed by atoms with Gasteiger partial charge in [-0.3, -0.25) is 9.69 Å². The molecule has 0 radical (unpaired) electrons. The van der Waals surface area contributed by atoms with Crippen molar-refractivity contribution in [1.29, 1.82) is 0 Å². The summed E-state index contributed by atoms with van der Waals surface area (Å²) in [6, 6.07) is 14.3. The van der Waals surface area contributed by atoms with E-state index in [2.05, 4.69) is 26.0 Å². The number of aryl methyl sites for hydroxylation is 2. The van der Waals surface area contributed by atoms with Crippen LogP contribution in [0.15, 0.2) is 42.5 Å².